The fraction of sp³-hybridized carbons (Fsp3) is 0.455. The maximum atomic E-state index is 14.1. The molecule has 0 spiro atoms. The Labute approximate surface area is 125 Å². The summed E-state index contributed by atoms with van der Waals surface area (Å²) < 4.78 is 44.9. The zero-order chi connectivity index (χ0) is 14.6. The molecule has 1 aromatic rings. The van der Waals surface area contributed by atoms with Crippen molar-refractivity contribution in [2.24, 2.45) is 0 Å². The normalized spacial score (nSPS) is 12.1. The molecule has 0 saturated heterocycles. The van der Waals surface area contributed by atoms with Crippen LogP contribution in [0.25, 0.3) is 0 Å². The third-order valence-corrected chi connectivity index (χ3v) is 5.12. The van der Waals surface area contributed by atoms with E-state index in [1.54, 1.807) is 0 Å². The van der Waals surface area contributed by atoms with Crippen LogP contribution in [0.3, 0.4) is 0 Å². The van der Waals surface area contributed by atoms with Crippen LogP contribution in [0.15, 0.2) is 21.5 Å². The van der Waals surface area contributed by atoms with E-state index in [4.69, 9.17) is 16.3 Å². The van der Waals surface area contributed by atoms with Crippen molar-refractivity contribution in [3.05, 3.63) is 28.0 Å². The molecule has 0 unspecified atom stereocenters. The second-order valence-corrected chi connectivity index (χ2v) is 7.03. The molecule has 19 heavy (non-hydrogen) atoms. The van der Waals surface area contributed by atoms with Gasteiger partial charge in [-0.15, -0.1) is 11.6 Å². The van der Waals surface area contributed by atoms with Crippen LogP contribution in [-0.2, 0) is 20.6 Å². The number of sulfonamides is 1. The highest BCUT2D eigenvalue weighted by Crippen LogP contribution is 2.26. The molecule has 0 saturated carbocycles. The molecular formula is C11H14BrClFNO3S. The number of hydrogen-bond acceptors (Lipinski definition) is 3. The number of likely N-dealkylation sites (N-methyl/N-ethyl adjacent to an activating group) is 1. The lowest BCUT2D eigenvalue weighted by molar-refractivity contribution is 0.185. The highest BCUT2D eigenvalue weighted by Gasteiger charge is 2.26. The Balaban J connectivity index is 3.25. The minimum atomic E-state index is -3.91. The molecule has 0 atom stereocenters. The summed E-state index contributed by atoms with van der Waals surface area (Å²) in [4.78, 5) is -0.392. The predicted octanol–water partition coefficient (Wildman–Crippen LogP) is 2.59. The van der Waals surface area contributed by atoms with Crippen LogP contribution < -0.4 is 0 Å². The van der Waals surface area contributed by atoms with E-state index >= 15 is 0 Å². The van der Waals surface area contributed by atoms with Crippen molar-refractivity contribution in [3.8, 4) is 0 Å². The fourth-order valence-electron chi connectivity index (χ4n) is 1.41. The molecule has 0 aromatic heterocycles. The topological polar surface area (TPSA) is 46.6 Å². The van der Waals surface area contributed by atoms with E-state index in [9.17, 15) is 12.8 Å². The Morgan fingerprint density at radius 2 is 2.11 bits per heavy atom. The van der Waals surface area contributed by atoms with Gasteiger partial charge in [0, 0.05) is 30.7 Å². The molecule has 108 valence electrons. The van der Waals surface area contributed by atoms with Crippen LogP contribution in [0.1, 0.15) is 5.56 Å². The highest BCUT2D eigenvalue weighted by molar-refractivity contribution is 9.10. The zero-order valence-corrected chi connectivity index (χ0v) is 13.6. The van der Waals surface area contributed by atoms with Gasteiger partial charge in [0.25, 0.3) is 0 Å². The molecule has 8 heteroatoms. The summed E-state index contributed by atoms with van der Waals surface area (Å²) in [5.74, 6) is -0.919. The molecule has 4 nitrogen and oxygen atoms in total. The molecule has 0 fully saturated rings. The molecule has 0 aliphatic rings. The molecule has 0 aliphatic carbocycles. The van der Waals surface area contributed by atoms with Gasteiger partial charge in [0.05, 0.1) is 12.5 Å². The van der Waals surface area contributed by atoms with Gasteiger partial charge in [0.2, 0.25) is 10.0 Å². The van der Waals surface area contributed by atoms with Gasteiger partial charge in [-0.1, -0.05) is 15.9 Å². The first-order chi connectivity index (χ1) is 8.84. The minimum Gasteiger partial charge on any atom is -0.383 e. The lowest BCUT2D eigenvalue weighted by Gasteiger charge is -2.18. The van der Waals surface area contributed by atoms with Crippen LogP contribution in [0.5, 0.6) is 0 Å². The van der Waals surface area contributed by atoms with Gasteiger partial charge in [-0.25, -0.2) is 12.8 Å². The maximum absolute atomic E-state index is 14.1. The molecule has 1 rings (SSSR count). The zero-order valence-electron chi connectivity index (χ0n) is 10.5. The first-order valence-corrected chi connectivity index (χ1v) is 8.10. The third kappa shape index (κ3) is 3.88. The van der Waals surface area contributed by atoms with Crippen LogP contribution in [0, 0.1) is 5.82 Å². The monoisotopic (exact) mass is 373 g/mol. The lowest BCUT2D eigenvalue weighted by atomic mass is 10.2. The Bertz CT molecular complexity index is 553. The fourth-order valence-corrected chi connectivity index (χ4v) is 3.55. The average molecular weight is 375 g/mol. The Kier molecular flexibility index (Phi) is 6.19. The summed E-state index contributed by atoms with van der Waals surface area (Å²) in [7, 11) is -1.07. The van der Waals surface area contributed by atoms with Crippen molar-refractivity contribution in [2.75, 3.05) is 27.3 Å². The van der Waals surface area contributed by atoms with E-state index < -0.39 is 20.7 Å². The molecule has 0 bridgehead atoms. The summed E-state index contributed by atoms with van der Waals surface area (Å²) in [6, 6.07) is 2.68. The SMILES string of the molecule is COCCN(C)S(=O)(=O)c1cc(Br)cc(CCl)c1F. The van der Waals surface area contributed by atoms with E-state index in [-0.39, 0.29) is 24.6 Å². The van der Waals surface area contributed by atoms with Gasteiger partial charge in [-0.05, 0) is 12.1 Å². The summed E-state index contributed by atoms with van der Waals surface area (Å²) in [6.45, 7) is 0.370. The van der Waals surface area contributed by atoms with Crippen molar-refractivity contribution in [3.63, 3.8) is 0 Å². The first kappa shape index (κ1) is 16.8. The van der Waals surface area contributed by atoms with E-state index in [1.807, 2.05) is 0 Å². The van der Waals surface area contributed by atoms with Gasteiger partial charge in [0.15, 0.2) is 0 Å². The Morgan fingerprint density at radius 3 is 2.63 bits per heavy atom. The molecule has 0 radical (unpaired) electrons. The molecular weight excluding hydrogens is 361 g/mol. The van der Waals surface area contributed by atoms with Gasteiger partial charge < -0.3 is 4.74 Å². The van der Waals surface area contributed by atoms with Crippen molar-refractivity contribution in [1.82, 2.24) is 4.31 Å². The number of methoxy groups -OCH3 is 1. The van der Waals surface area contributed by atoms with Gasteiger partial charge in [-0.2, -0.15) is 4.31 Å². The lowest BCUT2D eigenvalue weighted by Crippen LogP contribution is -2.31. The van der Waals surface area contributed by atoms with E-state index in [1.165, 1.54) is 26.3 Å². The largest absolute Gasteiger partial charge is 0.383 e. The van der Waals surface area contributed by atoms with E-state index in [0.717, 1.165) is 4.31 Å². The summed E-state index contributed by atoms with van der Waals surface area (Å²) in [5, 5.41) is 0. The molecule has 1 aromatic carbocycles. The number of hydrogen-bond donors (Lipinski definition) is 0. The maximum Gasteiger partial charge on any atom is 0.245 e. The van der Waals surface area contributed by atoms with Crippen LogP contribution >= 0.6 is 27.5 Å². The van der Waals surface area contributed by atoms with E-state index in [2.05, 4.69) is 15.9 Å². The Hall–Kier alpha value is -0.210. The number of rotatable bonds is 6. The molecule has 0 aliphatic heterocycles. The Morgan fingerprint density at radius 1 is 1.47 bits per heavy atom. The minimum absolute atomic E-state index is 0.102. The van der Waals surface area contributed by atoms with Crippen LogP contribution in [0.4, 0.5) is 4.39 Å². The van der Waals surface area contributed by atoms with Gasteiger partial charge in [-0.3, -0.25) is 0 Å². The smallest absolute Gasteiger partial charge is 0.245 e. The van der Waals surface area contributed by atoms with Crippen molar-refractivity contribution >= 4 is 37.6 Å². The standard InChI is InChI=1S/C11H14BrClFNO3S/c1-15(3-4-18-2)19(16,17)10-6-9(12)5-8(7-13)11(10)14/h5-6H,3-4,7H2,1-2H3. The summed E-state index contributed by atoms with van der Waals surface area (Å²) >= 11 is 8.75. The highest BCUT2D eigenvalue weighted by atomic mass is 79.9. The van der Waals surface area contributed by atoms with Crippen molar-refractivity contribution < 1.29 is 17.5 Å². The second-order valence-electron chi connectivity index (χ2n) is 3.83. The summed E-state index contributed by atoms with van der Waals surface area (Å²) in [5.41, 5.74) is 0.134. The quantitative estimate of drug-likeness (QED) is 0.719. The van der Waals surface area contributed by atoms with Gasteiger partial charge in [0.1, 0.15) is 10.7 Å². The molecule has 0 heterocycles. The number of halogens is 3. The number of benzene rings is 1. The van der Waals surface area contributed by atoms with E-state index in [0.29, 0.717) is 4.47 Å². The second kappa shape index (κ2) is 6.99. The van der Waals surface area contributed by atoms with Crippen molar-refractivity contribution in [1.29, 1.82) is 0 Å². The van der Waals surface area contributed by atoms with Crippen LogP contribution in [0.2, 0.25) is 0 Å². The van der Waals surface area contributed by atoms with Gasteiger partial charge >= 0.3 is 0 Å². The van der Waals surface area contributed by atoms with Crippen LogP contribution in [-0.4, -0.2) is 40.0 Å². The predicted molar refractivity (Wildman–Crippen MR) is 75.3 cm³/mol. The number of nitrogens with zero attached hydrogens (tertiary/aromatic N) is 1. The number of alkyl halides is 1. The molecule has 0 N–H and O–H groups in total. The third-order valence-electron chi connectivity index (χ3n) is 2.52. The average Bonchev–Trinajstić information content (AvgIpc) is 2.37. The number of ether oxygens (including phenoxy) is 1. The first-order valence-electron chi connectivity index (χ1n) is 5.33. The summed E-state index contributed by atoms with van der Waals surface area (Å²) in [6.07, 6.45) is 0. The molecule has 0 amide bonds. The van der Waals surface area contributed by atoms with Crippen molar-refractivity contribution in [2.45, 2.75) is 10.8 Å².